The van der Waals surface area contributed by atoms with Crippen LogP contribution in [0.15, 0.2) is 24.3 Å². The van der Waals surface area contributed by atoms with Crippen molar-refractivity contribution in [3.63, 3.8) is 0 Å². The van der Waals surface area contributed by atoms with E-state index in [4.69, 9.17) is 14.2 Å². The molecule has 0 amide bonds. The van der Waals surface area contributed by atoms with Crippen LogP contribution in [0.5, 0.6) is 5.75 Å². The molecule has 0 unspecified atom stereocenters. The number of hydrogen-bond donors (Lipinski definition) is 1. The van der Waals surface area contributed by atoms with Crippen LogP contribution in [0.25, 0.3) is 0 Å². The number of ketones is 1. The molecule has 7 nitrogen and oxygen atoms in total. The highest BCUT2D eigenvalue weighted by molar-refractivity contribution is 6.03. The van der Waals surface area contributed by atoms with E-state index in [2.05, 4.69) is 4.98 Å². The van der Waals surface area contributed by atoms with Crippen LogP contribution in [-0.4, -0.2) is 42.5 Å². The molecule has 0 aliphatic heterocycles. The quantitative estimate of drug-likeness (QED) is 0.552. The fraction of sp³-hybridized carbons (Fsp3) is 0.381. The number of nitrogens with one attached hydrogen (secondary N) is 1. The fourth-order valence-corrected chi connectivity index (χ4v) is 2.80. The molecule has 0 aliphatic rings. The van der Waals surface area contributed by atoms with E-state index >= 15 is 0 Å². The number of aromatic nitrogens is 1. The number of benzene rings is 1. The predicted octanol–water partition coefficient (Wildman–Crippen LogP) is 3.31. The minimum atomic E-state index is -0.992. The summed E-state index contributed by atoms with van der Waals surface area (Å²) in [5.41, 5.74) is 2.66. The van der Waals surface area contributed by atoms with E-state index in [1.165, 1.54) is 14.0 Å². The summed E-state index contributed by atoms with van der Waals surface area (Å²) in [6.45, 7) is 6.94. The predicted molar refractivity (Wildman–Crippen MR) is 103 cm³/mol. The van der Waals surface area contributed by atoms with E-state index in [1.54, 1.807) is 13.8 Å². The van der Waals surface area contributed by atoms with Gasteiger partial charge in [0.05, 0.1) is 31.4 Å². The summed E-state index contributed by atoms with van der Waals surface area (Å²) in [6, 6.07) is 7.47. The highest BCUT2D eigenvalue weighted by Gasteiger charge is 2.27. The third-order valence-corrected chi connectivity index (χ3v) is 4.35. The molecular weight excluding hydrogens is 362 g/mol. The molecule has 2 aromatic rings. The smallest absolute Gasteiger partial charge is 0.339 e. The van der Waals surface area contributed by atoms with Crippen molar-refractivity contribution in [2.45, 2.75) is 40.2 Å². The van der Waals surface area contributed by atoms with Crippen LogP contribution in [0, 0.1) is 20.8 Å². The number of aromatic amines is 1. The van der Waals surface area contributed by atoms with E-state index in [1.807, 2.05) is 31.2 Å². The third kappa shape index (κ3) is 5.00. The first-order valence-electron chi connectivity index (χ1n) is 8.95. The van der Waals surface area contributed by atoms with Crippen LogP contribution >= 0.6 is 0 Å². The van der Waals surface area contributed by atoms with Crippen molar-refractivity contribution in [1.29, 1.82) is 0 Å². The van der Waals surface area contributed by atoms with Crippen molar-refractivity contribution in [3.8, 4) is 5.75 Å². The van der Waals surface area contributed by atoms with Crippen LogP contribution < -0.4 is 4.74 Å². The molecule has 1 aromatic heterocycles. The number of hydrogen-bond acceptors (Lipinski definition) is 6. The molecule has 0 spiro atoms. The number of aryl methyl sites for hydroxylation is 2. The maximum absolute atomic E-state index is 12.6. The summed E-state index contributed by atoms with van der Waals surface area (Å²) < 4.78 is 15.4. The van der Waals surface area contributed by atoms with E-state index in [0.29, 0.717) is 22.6 Å². The zero-order valence-electron chi connectivity index (χ0n) is 16.8. The first-order valence-corrected chi connectivity index (χ1v) is 8.95. The molecule has 0 saturated carbocycles. The van der Waals surface area contributed by atoms with Gasteiger partial charge in [-0.25, -0.2) is 4.79 Å². The number of ether oxygens (including phenoxy) is 3. The van der Waals surface area contributed by atoms with Crippen LogP contribution in [0.4, 0.5) is 0 Å². The van der Waals surface area contributed by atoms with Gasteiger partial charge in [-0.2, -0.15) is 0 Å². The standard InChI is InChI=1S/C21H25NO6/c1-12-6-8-16(9-7-12)27-11-10-17(23)28-15(4)20(24)19-13(2)18(14(3)22-19)21(25)26-5/h6-9,15,22H,10-11H2,1-5H3/t15-/m1/s1. The molecule has 0 fully saturated rings. The van der Waals surface area contributed by atoms with Crippen molar-refractivity contribution >= 4 is 17.7 Å². The van der Waals surface area contributed by atoms with Crippen molar-refractivity contribution in [2.75, 3.05) is 13.7 Å². The average molecular weight is 387 g/mol. The molecule has 0 radical (unpaired) electrons. The number of esters is 2. The maximum atomic E-state index is 12.6. The lowest BCUT2D eigenvalue weighted by molar-refractivity contribution is -0.146. The van der Waals surface area contributed by atoms with Crippen LogP contribution in [0.3, 0.4) is 0 Å². The number of carbonyl (C=O) groups excluding carboxylic acids is 3. The highest BCUT2D eigenvalue weighted by Crippen LogP contribution is 2.21. The minimum Gasteiger partial charge on any atom is -0.493 e. The second kappa shape index (κ2) is 9.21. The average Bonchev–Trinajstić information content (AvgIpc) is 2.96. The molecule has 1 heterocycles. The topological polar surface area (TPSA) is 94.7 Å². The van der Waals surface area contributed by atoms with E-state index in [-0.39, 0.29) is 18.7 Å². The van der Waals surface area contributed by atoms with Crippen molar-refractivity contribution in [3.05, 3.63) is 52.3 Å². The van der Waals surface area contributed by atoms with Crippen LogP contribution in [0.1, 0.15) is 51.0 Å². The summed E-state index contributed by atoms with van der Waals surface area (Å²) in [4.78, 5) is 39.3. The van der Waals surface area contributed by atoms with Gasteiger partial charge in [-0.1, -0.05) is 17.7 Å². The Morgan fingerprint density at radius 2 is 1.71 bits per heavy atom. The monoisotopic (exact) mass is 387 g/mol. The lowest BCUT2D eigenvalue weighted by Crippen LogP contribution is -2.26. The van der Waals surface area contributed by atoms with Crippen LogP contribution in [0.2, 0.25) is 0 Å². The normalized spacial score (nSPS) is 11.6. The summed E-state index contributed by atoms with van der Waals surface area (Å²) in [5.74, 6) is -0.816. The van der Waals surface area contributed by atoms with Gasteiger partial charge in [-0.05, 0) is 45.4 Å². The lowest BCUT2D eigenvalue weighted by atomic mass is 10.1. The molecule has 1 N–H and O–H groups in total. The zero-order chi connectivity index (χ0) is 20.8. The van der Waals surface area contributed by atoms with Crippen LogP contribution in [-0.2, 0) is 14.3 Å². The molecular formula is C21H25NO6. The third-order valence-electron chi connectivity index (χ3n) is 4.35. The van der Waals surface area contributed by atoms with Gasteiger partial charge in [0, 0.05) is 5.69 Å². The number of Topliss-reactive ketones (excluding diaryl/α,β-unsaturated/α-hetero) is 1. The Morgan fingerprint density at radius 3 is 2.32 bits per heavy atom. The zero-order valence-corrected chi connectivity index (χ0v) is 16.8. The van der Waals surface area contributed by atoms with E-state index in [9.17, 15) is 14.4 Å². The van der Waals surface area contributed by atoms with Crippen molar-refractivity contribution in [2.24, 2.45) is 0 Å². The Bertz CT molecular complexity index is 866. The number of methoxy groups -OCH3 is 1. The first-order chi connectivity index (χ1) is 13.2. The van der Waals surface area contributed by atoms with Gasteiger partial charge in [0.2, 0.25) is 5.78 Å². The highest BCUT2D eigenvalue weighted by atomic mass is 16.5. The molecule has 28 heavy (non-hydrogen) atoms. The summed E-state index contributed by atoms with van der Waals surface area (Å²) in [6.07, 6.45) is -0.976. The molecule has 0 aliphatic carbocycles. The molecule has 0 bridgehead atoms. The summed E-state index contributed by atoms with van der Waals surface area (Å²) in [7, 11) is 1.28. The van der Waals surface area contributed by atoms with Gasteiger partial charge >= 0.3 is 11.9 Å². The second-order valence-corrected chi connectivity index (χ2v) is 6.52. The maximum Gasteiger partial charge on any atom is 0.339 e. The Balaban J connectivity index is 1.92. The van der Waals surface area contributed by atoms with Gasteiger partial charge in [0.25, 0.3) is 0 Å². The van der Waals surface area contributed by atoms with Crippen molar-refractivity contribution < 1.29 is 28.6 Å². The summed E-state index contributed by atoms with van der Waals surface area (Å²) >= 11 is 0. The Hall–Kier alpha value is -3.09. The van der Waals surface area contributed by atoms with E-state index in [0.717, 1.165) is 5.56 Å². The molecule has 7 heteroatoms. The van der Waals surface area contributed by atoms with Gasteiger partial charge in [-0.3, -0.25) is 9.59 Å². The largest absolute Gasteiger partial charge is 0.493 e. The Labute approximate surface area is 164 Å². The first kappa shape index (κ1) is 21.2. The van der Waals surface area contributed by atoms with Gasteiger partial charge in [0.1, 0.15) is 5.75 Å². The fourth-order valence-electron chi connectivity index (χ4n) is 2.80. The lowest BCUT2D eigenvalue weighted by Gasteiger charge is -2.12. The van der Waals surface area contributed by atoms with Crippen molar-refractivity contribution in [1.82, 2.24) is 4.98 Å². The second-order valence-electron chi connectivity index (χ2n) is 6.52. The molecule has 150 valence electrons. The summed E-state index contributed by atoms with van der Waals surface area (Å²) in [5, 5.41) is 0. The van der Waals surface area contributed by atoms with Gasteiger partial charge in [-0.15, -0.1) is 0 Å². The Morgan fingerprint density at radius 1 is 1.07 bits per heavy atom. The number of H-pyrrole nitrogens is 1. The SMILES string of the molecule is COC(=O)c1c(C)[nH]c(C(=O)[C@@H](C)OC(=O)CCOc2ccc(C)cc2)c1C. The molecule has 0 saturated heterocycles. The number of rotatable bonds is 8. The molecule has 1 aromatic carbocycles. The minimum absolute atomic E-state index is 0.0155. The molecule has 1 atom stereocenters. The Kier molecular flexibility index (Phi) is 6.98. The molecule has 2 rings (SSSR count). The number of carbonyl (C=O) groups is 3. The van der Waals surface area contributed by atoms with Gasteiger partial charge in [0.15, 0.2) is 6.10 Å². The van der Waals surface area contributed by atoms with Gasteiger partial charge < -0.3 is 19.2 Å². The van der Waals surface area contributed by atoms with E-state index < -0.39 is 23.8 Å².